The Morgan fingerprint density at radius 2 is 0.677 bits per heavy atom. The second-order valence-corrected chi connectivity index (χ2v) is 41.1. The van der Waals surface area contributed by atoms with E-state index in [2.05, 4.69) is 245 Å². The van der Waals surface area contributed by atoms with Crippen molar-refractivity contribution in [2.75, 3.05) is 146 Å². The molecular formula is C104H155ClN8O11. The highest BCUT2D eigenvalue weighted by atomic mass is 35.5. The molecule has 3 heterocycles. The number of nitrogens with zero attached hydrogens (tertiary/aromatic N) is 6. The number of piperazine rings is 3. The Hall–Kier alpha value is -8.04. The van der Waals surface area contributed by atoms with Crippen LogP contribution in [-0.4, -0.2) is 197 Å². The summed E-state index contributed by atoms with van der Waals surface area (Å²) in [5.41, 5.74) is 26.6. The topological polar surface area (TPSA) is 220 Å². The molecule has 3 aliphatic heterocycles. The highest BCUT2D eigenvalue weighted by Crippen LogP contribution is 2.50. The number of alkyl carbamates (subject to hydrolysis) is 1. The lowest BCUT2D eigenvalue weighted by Gasteiger charge is -2.42. The summed E-state index contributed by atoms with van der Waals surface area (Å²) in [7, 11) is 0. The molecule has 3 aliphatic carbocycles. The lowest BCUT2D eigenvalue weighted by atomic mass is 9.63. The van der Waals surface area contributed by atoms with Crippen LogP contribution in [0.5, 0.6) is 0 Å². The second kappa shape index (κ2) is 45.6. The van der Waals surface area contributed by atoms with Gasteiger partial charge >= 0.3 is 30.0 Å². The van der Waals surface area contributed by atoms with Gasteiger partial charge in [-0.25, -0.2) is 4.79 Å². The molecule has 0 spiro atoms. The minimum absolute atomic E-state index is 0. The zero-order chi connectivity index (χ0) is 89.6. The number of esters is 3. The van der Waals surface area contributed by atoms with Gasteiger partial charge in [0.1, 0.15) is 17.7 Å². The molecule has 0 radical (unpaired) electrons. The third-order valence-corrected chi connectivity index (χ3v) is 26.1. The van der Waals surface area contributed by atoms with E-state index in [4.69, 9.17) is 34.9 Å². The average Bonchev–Trinajstić information content (AvgIpc) is 0.761. The van der Waals surface area contributed by atoms with Crippen LogP contribution in [0.2, 0.25) is 0 Å². The van der Waals surface area contributed by atoms with E-state index in [-0.39, 0.29) is 76.8 Å². The summed E-state index contributed by atoms with van der Waals surface area (Å²) in [6.45, 7) is 56.5. The number of rotatable bonds is 29. The smallest absolute Gasteiger partial charge is 0.408 e. The molecule has 0 unspecified atom stereocenters. The maximum atomic E-state index is 11.8. The molecule has 3 saturated heterocycles. The number of carbonyl (C=O) groups excluding carboxylic acids is 4. The molecule has 12 rings (SSSR count). The van der Waals surface area contributed by atoms with E-state index in [1.54, 1.807) is 41.5 Å². The predicted octanol–water partition coefficient (Wildman–Crippen LogP) is 20.2. The quantitative estimate of drug-likeness (QED) is 0.0195. The van der Waals surface area contributed by atoms with Crippen LogP contribution < -0.4 is 25.8 Å². The van der Waals surface area contributed by atoms with Crippen molar-refractivity contribution in [3.05, 3.63) is 161 Å². The molecule has 124 heavy (non-hydrogen) atoms. The molecule has 0 aromatic heterocycles. The fraction of sp³-hybridized carbons (Fsp3) is 0.606. The molecule has 3 fully saturated rings. The number of unbranched alkanes of at least 4 members (excludes halogenated alkanes) is 6. The Labute approximate surface area is 751 Å². The van der Waals surface area contributed by atoms with Crippen molar-refractivity contribution in [1.82, 2.24) is 20.0 Å². The molecule has 6 aromatic carbocycles. The van der Waals surface area contributed by atoms with Crippen LogP contribution in [0.15, 0.2) is 127 Å². The van der Waals surface area contributed by atoms with Gasteiger partial charge in [0.15, 0.2) is 0 Å². The molecule has 0 bridgehead atoms. The molecule has 19 nitrogen and oxygen atoms in total. The predicted molar refractivity (Wildman–Crippen MR) is 511 cm³/mol. The number of carboxylic acids is 1. The highest BCUT2D eigenvalue weighted by Gasteiger charge is 2.40. The first-order valence-corrected chi connectivity index (χ1v) is 46.3. The number of anilines is 3. The van der Waals surface area contributed by atoms with Gasteiger partial charge < -0.3 is 54.9 Å². The fourth-order valence-electron chi connectivity index (χ4n) is 18.0. The highest BCUT2D eigenvalue weighted by molar-refractivity contribution is 5.85. The lowest BCUT2D eigenvalue weighted by molar-refractivity contribution is -0.157. The number of carbonyl (C=O) groups is 5. The van der Waals surface area contributed by atoms with Crippen molar-refractivity contribution in [2.45, 2.75) is 277 Å². The first-order valence-electron chi connectivity index (χ1n) is 46.3. The van der Waals surface area contributed by atoms with Crippen LogP contribution in [0.1, 0.15) is 267 Å². The molecule has 6 aromatic rings. The van der Waals surface area contributed by atoms with Gasteiger partial charge in [0.2, 0.25) is 0 Å². The van der Waals surface area contributed by atoms with Crippen LogP contribution in [0.25, 0.3) is 33.4 Å². The molecule has 6 aliphatic rings. The number of aliphatic hydroxyl groups excluding tert-OH is 1. The largest absolute Gasteiger partial charge is 0.481 e. The zero-order valence-corrected chi connectivity index (χ0v) is 79.8. The summed E-state index contributed by atoms with van der Waals surface area (Å²) < 4.78 is 20.3. The molecule has 0 saturated carbocycles. The fourth-order valence-corrected chi connectivity index (χ4v) is 18.0. The average molecular weight is 1730 g/mol. The van der Waals surface area contributed by atoms with Gasteiger partial charge in [-0.3, -0.25) is 33.9 Å². The van der Waals surface area contributed by atoms with Gasteiger partial charge in [-0.15, -0.1) is 12.4 Å². The number of aliphatic carboxylic acids is 1. The second-order valence-electron chi connectivity index (χ2n) is 41.1. The number of halogens is 1. The summed E-state index contributed by atoms with van der Waals surface area (Å²) in [4.78, 5) is 70.7. The van der Waals surface area contributed by atoms with Gasteiger partial charge in [-0.2, -0.15) is 0 Å². The van der Waals surface area contributed by atoms with E-state index in [9.17, 15) is 24.0 Å². The summed E-state index contributed by atoms with van der Waals surface area (Å²) in [5, 5.41) is 19.6. The summed E-state index contributed by atoms with van der Waals surface area (Å²) in [6.07, 6.45) is 15.9. The van der Waals surface area contributed by atoms with Crippen LogP contribution in [0, 0.1) is 0 Å². The van der Waals surface area contributed by atoms with Crippen LogP contribution in [0.3, 0.4) is 0 Å². The van der Waals surface area contributed by atoms with E-state index < -0.39 is 35.2 Å². The molecular weight excluding hydrogens is 1570 g/mol. The van der Waals surface area contributed by atoms with Gasteiger partial charge in [-0.1, -0.05) is 174 Å². The maximum absolute atomic E-state index is 11.8. The van der Waals surface area contributed by atoms with Gasteiger partial charge in [0.25, 0.3) is 0 Å². The lowest BCUT2D eigenvalue weighted by Crippen LogP contribution is -2.46. The summed E-state index contributed by atoms with van der Waals surface area (Å²) in [6, 6.07) is 48.8. The Morgan fingerprint density at radius 3 is 0.984 bits per heavy atom. The third kappa shape index (κ3) is 30.6. The number of nitrogens with one attached hydrogen (secondary N) is 1. The summed E-state index contributed by atoms with van der Waals surface area (Å²) in [5.74, 6) is -2.20. The molecule has 20 heteroatoms. The number of nitrogens with two attached hydrogens (primary N) is 1. The standard InChI is InChI=1S/C36H53N3O4.C31H45N3O2.C29H42N2O.C8H14O4.ClH/c1-34(2,3)43-33(41)37-26-32(40)42-23-10-8-9-18-38-19-21-39(22-20-38)29-13-11-12-27(24-29)28-14-15-30-31(25-28)36(6,7)17-16-35(30,4)5;1-30(2)13-14-31(3,4)28-22-25(11-12-27(28)30)24-9-8-10-26(21-24)34-18-16-33(17-19-34)15-6-5-7-20-36-29(35)23-32;1-28(2)13-14-29(3,4)27-22-24(11-12-26(27)28)23-9-8-10-25(21-23)31-18-16-30(17-19-31)15-6-5-7-20-32;1-8(2,3)12-7(11)5-4-6(9)10;/h11-15,24-25H,8-10,16-23,26H2,1-7H3,(H,37,41);8-12,21-22H,5-7,13-20,23,32H2,1-4H3;8-12,21-22,32H,5-7,13-20H2,1-4H3;4-5H2,1-3H3,(H,9,10);1H. The zero-order valence-electron chi connectivity index (χ0n) is 79.0. The number of aliphatic hydroxyl groups is 1. The first kappa shape index (κ1) is 101. The van der Waals surface area contributed by atoms with E-state index in [0.29, 0.717) is 19.8 Å². The molecule has 0 atom stereocenters. The molecule has 1 amide bonds. The number of amides is 1. The normalized spacial score (nSPS) is 18.1. The minimum atomic E-state index is -0.985. The third-order valence-electron chi connectivity index (χ3n) is 26.1. The van der Waals surface area contributed by atoms with Crippen molar-refractivity contribution in [3.8, 4) is 33.4 Å². The molecule has 5 N–H and O–H groups in total. The maximum Gasteiger partial charge on any atom is 0.408 e. The van der Waals surface area contributed by atoms with Crippen LogP contribution in [-0.2, 0) is 70.6 Å². The number of hydrogen-bond donors (Lipinski definition) is 4. The van der Waals surface area contributed by atoms with Gasteiger partial charge in [-0.05, 0) is 293 Å². The first-order chi connectivity index (χ1) is 58.0. The van der Waals surface area contributed by atoms with Crippen molar-refractivity contribution >= 4 is 59.4 Å². The van der Waals surface area contributed by atoms with Crippen molar-refractivity contribution in [3.63, 3.8) is 0 Å². The Balaban J connectivity index is 0.000000217. The number of benzene rings is 6. The van der Waals surface area contributed by atoms with Gasteiger partial charge in [0.05, 0.1) is 32.6 Å². The van der Waals surface area contributed by atoms with Crippen molar-refractivity contribution in [1.29, 1.82) is 0 Å². The Kier molecular flexibility index (Phi) is 37.3. The Bertz CT molecular complexity index is 4420. The van der Waals surface area contributed by atoms with Crippen LogP contribution in [0.4, 0.5) is 21.9 Å². The Morgan fingerprint density at radius 1 is 0.371 bits per heavy atom. The van der Waals surface area contributed by atoms with Crippen LogP contribution >= 0.6 is 12.4 Å². The monoisotopic (exact) mass is 1730 g/mol. The van der Waals surface area contributed by atoms with Gasteiger partial charge in [0, 0.05) is 102 Å². The molecule has 684 valence electrons. The minimum Gasteiger partial charge on any atom is -0.481 e. The number of carboxylic acid groups (broad SMARTS) is 1. The van der Waals surface area contributed by atoms with E-state index >= 15 is 0 Å². The SMILES string of the molecule is CC(C)(C)OC(=O)CCC(=O)O.CC(C)(C)OC(=O)NCC(=O)OCCCCCN1CCN(c2cccc(-c3ccc4c(c3)C(C)(C)CCC4(C)C)c2)CC1.CC1(C)CCC(C)(C)c2cc(-c3cccc(N4CCN(CCCCCO)CC4)c3)ccc21.CC1(C)CCC(C)(C)c2cc(-c3cccc(N4CCN(CCCCCOC(=O)CN)CC4)c3)ccc21.Cl. The number of fused-ring (bicyclic) bond motifs is 3. The van der Waals surface area contributed by atoms with Crippen molar-refractivity contribution < 1.29 is 53.1 Å². The number of hydrogen-bond acceptors (Lipinski definition) is 17. The van der Waals surface area contributed by atoms with E-state index in [1.807, 2.05) is 0 Å². The number of ether oxygens (including phenoxy) is 4. The van der Waals surface area contributed by atoms with Crippen molar-refractivity contribution in [2.24, 2.45) is 5.73 Å². The van der Waals surface area contributed by atoms with E-state index in [0.717, 1.165) is 150 Å². The van der Waals surface area contributed by atoms with E-state index in [1.165, 1.54) is 129 Å². The summed E-state index contributed by atoms with van der Waals surface area (Å²) >= 11 is 0.